The third-order valence-electron chi connectivity index (χ3n) is 2.14. The second-order valence-corrected chi connectivity index (χ2v) is 4.21. The number of nitrogens with zero attached hydrogens (tertiary/aromatic N) is 1. The standard InChI is InChI=1S/C10H13BrFN3O/c1-14-10(16)5-15(2)9-4-7(12)6(11)3-8(9)13/h3-4H,5,13H2,1-2H3,(H,14,16). The first-order valence-electron chi connectivity index (χ1n) is 4.62. The van der Waals surface area contributed by atoms with Crippen molar-refractivity contribution in [3.63, 3.8) is 0 Å². The van der Waals surface area contributed by atoms with Crippen molar-refractivity contribution in [3.05, 3.63) is 22.4 Å². The molecule has 0 atom stereocenters. The van der Waals surface area contributed by atoms with Crippen LogP contribution >= 0.6 is 15.9 Å². The van der Waals surface area contributed by atoms with Gasteiger partial charge in [-0.25, -0.2) is 4.39 Å². The molecular formula is C10H13BrFN3O. The number of nitrogens with two attached hydrogens (primary N) is 1. The van der Waals surface area contributed by atoms with Gasteiger partial charge in [0.1, 0.15) is 5.82 Å². The molecule has 1 amide bonds. The minimum atomic E-state index is -0.409. The van der Waals surface area contributed by atoms with Gasteiger partial charge in [0, 0.05) is 20.2 Å². The van der Waals surface area contributed by atoms with Gasteiger partial charge in [-0.05, 0) is 22.0 Å². The first-order chi connectivity index (χ1) is 7.45. The van der Waals surface area contributed by atoms with Crippen molar-refractivity contribution < 1.29 is 9.18 Å². The smallest absolute Gasteiger partial charge is 0.239 e. The summed E-state index contributed by atoms with van der Waals surface area (Å²) in [5, 5.41) is 2.49. The number of anilines is 2. The molecule has 0 saturated heterocycles. The zero-order valence-corrected chi connectivity index (χ0v) is 10.6. The first kappa shape index (κ1) is 12.8. The van der Waals surface area contributed by atoms with E-state index >= 15 is 0 Å². The van der Waals surface area contributed by atoms with Gasteiger partial charge in [-0.3, -0.25) is 4.79 Å². The van der Waals surface area contributed by atoms with Gasteiger partial charge in [0.15, 0.2) is 0 Å². The third-order valence-corrected chi connectivity index (χ3v) is 2.75. The Balaban J connectivity index is 2.95. The van der Waals surface area contributed by atoms with E-state index in [1.54, 1.807) is 19.0 Å². The molecule has 0 aromatic heterocycles. The zero-order valence-electron chi connectivity index (χ0n) is 9.05. The van der Waals surface area contributed by atoms with E-state index in [4.69, 9.17) is 5.73 Å². The van der Waals surface area contributed by atoms with Gasteiger partial charge in [-0.2, -0.15) is 0 Å². The van der Waals surface area contributed by atoms with E-state index in [-0.39, 0.29) is 12.5 Å². The van der Waals surface area contributed by atoms with Crippen LogP contribution in [0, 0.1) is 5.82 Å². The Morgan fingerprint density at radius 3 is 2.81 bits per heavy atom. The van der Waals surface area contributed by atoms with Crippen molar-refractivity contribution in [2.24, 2.45) is 0 Å². The second kappa shape index (κ2) is 5.16. The Labute approximate surface area is 102 Å². The summed E-state index contributed by atoms with van der Waals surface area (Å²) in [6, 6.07) is 2.77. The van der Waals surface area contributed by atoms with E-state index in [9.17, 15) is 9.18 Å². The summed E-state index contributed by atoms with van der Waals surface area (Å²) >= 11 is 3.04. The van der Waals surface area contributed by atoms with Crippen LogP contribution in [0.15, 0.2) is 16.6 Å². The molecule has 0 aliphatic heterocycles. The Kier molecular flexibility index (Phi) is 4.12. The largest absolute Gasteiger partial charge is 0.397 e. The van der Waals surface area contributed by atoms with Crippen molar-refractivity contribution in [2.45, 2.75) is 0 Å². The SMILES string of the molecule is CNC(=O)CN(C)c1cc(F)c(Br)cc1N. The van der Waals surface area contributed by atoms with Gasteiger partial charge in [0.05, 0.1) is 22.4 Å². The summed E-state index contributed by atoms with van der Waals surface area (Å²) in [5.41, 5.74) is 6.64. The average Bonchev–Trinajstić information content (AvgIpc) is 2.23. The fraction of sp³-hybridized carbons (Fsp3) is 0.300. The van der Waals surface area contributed by atoms with Crippen molar-refractivity contribution >= 4 is 33.2 Å². The third kappa shape index (κ3) is 2.85. The summed E-state index contributed by atoms with van der Waals surface area (Å²) in [4.78, 5) is 12.7. The van der Waals surface area contributed by atoms with Crippen LogP contribution in [-0.2, 0) is 4.79 Å². The van der Waals surface area contributed by atoms with Crippen LogP contribution in [0.4, 0.5) is 15.8 Å². The molecular weight excluding hydrogens is 277 g/mol. The molecule has 4 nitrogen and oxygen atoms in total. The van der Waals surface area contributed by atoms with Crippen LogP contribution < -0.4 is 16.0 Å². The molecule has 1 aromatic rings. The van der Waals surface area contributed by atoms with Crippen molar-refractivity contribution in [3.8, 4) is 0 Å². The van der Waals surface area contributed by atoms with Crippen LogP contribution in [0.1, 0.15) is 0 Å². The quantitative estimate of drug-likeness (QED) is 0.826. The summed E-state index contributed by atoms with van der Waals surface area (Å²) in [7, 11) is 3.22. The molecule has 0 radical (unpaired) electrons. The number of nitrogens with one attached hydrogen (secondary N) is 1. The molecule has 0 fully saturated rings. The van der Waals surface area contributed by atoms with E-state index in [2.05, 4.69) is 21.2 Å². The molecule has 0 saturated carbocycles. The van der Waals surface area contributed by atoms with E-state index in [1.807, 2.05) is 0 Å². The average molecular weight is 290 g/mol. The number of carbonyl (C=O) groups excluding carboxylic acids is 1. The van der Waals surface area contributed by atoms with Crippen molar-refractivity contribution in [1.29, 1.82) is 0 Å². The number of carbonyl (C=O) groups is 1. The fourth-order valence-corrected chi connectivity index (χ4v) is 1.62. The summed E-state index contributed by atoms with van der Waals surface area (Å²) in [6.07, 6.45) is 0. The van der Waals surface area contributed by atoms with Crippen molar-refractivity contribution in [2.75, 3.05) is 31.3 Å². The molecule has 88 valence electrons. The Hall–Kier alpha value is -1.30. The van der Waals surface area contributed by atoms with Gasteiger partial charge in [-0.15, -0.1) is 0 Å². The molecule has 1 rings (SSSR count). The highest BCUT2D eigenvalue weighted by molar-refractivity contribution is 9.10. The number of nitrogen functional groups attached to an aromatic ring is 1. The lowest BCUT2D eigenvalue weighted by molar-refractivity contribution is -0.119. The van der Waals surface area contributed by atoms with Crippen LogP contribution in [-0.4, -0.2) is 26.5 Å². The topological polar surface area (TPSA) is 58.4 Å². The Morgan fingerprint density at radius 1 is 1.62 bits per heavy atom. The lowest BCUT2D eigenvalue weighted by atomic mass is 10.2. The molecule has 0 heterocycles. The lowest BCUT2D eigenvalue weighted by Gasteiger charge is -2.20. The molecule has 16 heavy (non-hydrogen) atoms. The van der Waals surface area contributed by atoms with E-state index in [1.165, 1.54) is 12.1 Å². The Bertz CT molecular complexity index is 411. The number of halogens is 2. The number of likely N-dealkylation sites (N-methyl/N-ethyl adjacent to an activating group) is 2. The molecule has 0 spiro atoms. The zero-order chi connectivity index (χ0) is 12.3. The van der Waals surface area contributed by atoms with E-state index in [0.717, 1.165) is 0 Å². The second-order valence-electron chi connectivity index (χ2n) is 3.35. The lowest BCUT2D eigenvalue weighted by Crippen LogP contribution is -2.33. The van der Waals surface area contributed by atoms with Gasteiger partial charge >= 0.3 is 0 Å². The van der Waals surface area contributed by atoms with Gasteiger partial charge in [0.2, 0.25) is 5.91 Å². The Morgan fingerprint density at radius 2 is 2.25 bits per heavy atom. The normalized spacial score (nSPS) is 10.0. The molecule has 0 aliphatic carbocycles. The van der Waals surface area contributed by atoms with Gasteiger partial charge < -0.3 is 16.0 Å². The number of hydrogen-bond acceptors (Lipinski definition) is 3. The van der Waals surface area contributed by atoms with Crippen LogP contribution in [0.3, 0.4) is 0 Å². The maximum Gasteiger partial charge on any atom is 0.239 e. The van der Waals surface area contributed by atoms with E-state index < -0.39 is 5.82 Å². The monoisotopic (exact) mass is 289 g/mol. The molecule has 1 aromatic carbocycles. The number of rotatable bonds is 3. The molecule has 0 bridgehead atoms. The number of hydrogen-bond donors (Lipinski definition) is 2. The maximum atomic E-state index is 13.3. The number of benzene rings is 1. The minimum Gasteiger partial charge on any atom is -0.397 e. The minimum absolute atomic E-state index is 0.127. The van der Waals surface area contributed by atoms with E-state index in [0.29, 0.717) is 15.8 Å². The molecule has 6 heteroatoms. The van der Waals surface area contributed by atoms with Crippen LogP contribution in [0.25, 0.3) is 0 Å². The predicted molar refractivity (Wildman–Crippen MR) is 65.8 cm³/mol. The highest BCUT2D eigenvalue weighted by atomic mass is 79.9. The molecule has 3 N–H and O–H groups in total. The van der Waals surface area contributed by atoms with Crippen LogP contribution in [0.2, 0.25) is 0 Å². The first-order valence-corrected chi connectivity index (χ1v) is 5.41. The highest BCUT2D eigenvalue weighted by Crippen LogP contribution is 2.28. The van der Waals surface area contributed by atoms with Crippen LogP contribution in [0.5, 0.6) is 0 Å². The van der Waals surface area contributed by atoms with Crippen molar-refractivity contribution in [1.82, 2.24) is 5.32 Å². The highest BCUT2D eigenvalue weighted by Gasteiger charge is 2.12. The van der Waals surface area contributed by atoms with Gasteiger partial charge in [0.25, 0.3) is 0 Å². The summed E-state index contributed by atoms with van der Waals surface area (Å²) in [5.74, 6) is -0.571. The maximum absolute atomic E-state index is 13.3. The number of amides is 1. The fourth-order valence-electron chi connectivity index (χ4n) is 1.26. The van der Waals surface area contributed by atoms with Gasteiger partial charge in [-0.1, -0.05) is 0 Å². The summed E-state index contributed by atoms with van der Waals surface area (Å²) < 4.78 is 13.6. The molecule has 0 unspecified atom stereocenters. The molecule has 0 aliphatic rings. The summed E-state index contributed by atoms with van der Waals surface area (Å²) in [6.45, 7) is 0.127. The predicted octanol–water partition coefficient (Wildman–Crippen LogP) is 1.35.